The first-order valence-corrected chi connectivity index (χ1v) is 20.2. The van der Waals surface area contributed by atoms with Crippen LogP contribution in [0.15, 0.2) is 72.9 Å². The number of hydrogen-bond donors (Lipinski definition) is 1. The fourth-order valence-electron chi connectivity index (χ4n) is 4.37. The molecule has 0 aliphatic rings. The van der Waals surface area contributed by atoms with Crippen LogP contribution in [-0.2, 0) is 32.7 Å². The first kappa shape index (κ1) is 47.4. The zero-order valence-corrected chi connectivity index (χ0v) is 32.7. The summed E-state index contributed by atoms with van der Waals surface area (Å²) in [5.74, 6) is -0.934. The summed E-state index contributed by atoms with van der Waals surface area (Å²) >= 11 is 0. The molecule has 10 heteroatoms. The van der Waals surface area contributed by atoms with E-state index in [9.17, 15) is 19.0 Å². The van der Waals surface area contributed by atoms with E-state index >= 15 is 0 Å². The third kappa shape index (κ3) is 35.3. The predicted molar refractivity (Wildman–Crippen MR) is 206 cm³/mol. The van der Waals surface area contributed by atoms with Crippen molar-refractivity contribution in [3.63, 3.8) is 0 Å². The Morgan fingerprint density at radius 3 is 1.94 bits per heavy atom. The summed E-state index contributed by atoms with van der Waals surface area (Å²) in [7, 11) is 1.41. The highest BCUT2D eigenvalue weighted by atomic mass is 31.2. The molecule has 0 heterocycles. The Balaban J connectivity index is 4.63. The number of allylic oxidation sites excluding steroid dienone is 12. The van der Waals surface area contributed by atoms with E-state index in [1.807, 2.05) is 69.8 Å². The number of phosphoric ester groups is 1. The molecule has 0 aromatic rings. The SMILES string of the molecule is CC/C=C/C=C/C=C/C=C/CCCCCC(=O)OC(COC(=O)CC/C=C/C/C=C/CCCCCCCC)COP(=O)(O)OCC[N+](C)(C)C. The zero-order valence-electron chi connectivity index (χ0n) is 31.8. The van der Waals surface area contributed by atoms with Crippen molar-refractivity contribution in [1.82, 2.24) is 0 Å². The van der Waals surface area contributed by atoms with Gasteiger partial charge in [0.1, 0.15) is 19.8 Å². The van der Waals surface area contributed by atoms with Crippen molar-refractivity contribution in [1.29, 1.82) is 0 Å². The van der Waals surface area contributed by atoms with Gasteiger partial charge >= 0.3 is 19.8 Å². The van der Waals surface area contributed by atoms with Gasteiger partial charge in [-0.05, 0) is 51.4 Å². The van der Waals surface area contributed by atoms with E-state index in [-0.39, 0.29) is 26.1 Å². The topological polar surface area (TPSA) is 108 Å². The fourth-order valence-corrected chi connectivity index (χ4v) is 5.11. The molecule has 1 N–H and O–H groups in total. The lowest BCUT2D eigenvalue weighted by atomic mass is 10.1. The smallest absolute Gasteiger partial charge is 0.462 e. The Labute approximate surface area is 304 Å². The molecule has 286 valence electrons. The number of likely N-dealkylation sites (N-methyl/N-ethyl adjacent to an activating group) is 1. The molecule has 2 atom stereocenters. The average Bonchev–Trinajstić information content (AvgIpc) is 3.06. The standard InChI is InChI=1S/C40H68NO8P/c1-6-8-10-12-14-16-18-20-22-24-26-28-30-32-39(42)46-36-38(37-48-50(44,45)47-35-34-41(3,4)5)49-40(43)33-31-29-27-25-23-21-19-17-15-13-11-9-7-2/h9,11,13,15,17,19-23,26,28,38H,6-8,10,12,14,16,18,24-25,27,29-37H2,1-5H3/p+1/b11-9+,15-13+,19-17+,22-20+,23-21+,28-26+. The molecule has 0 aliphatic heterocycles. The van der Waals surface area contributed by atoms with Gasteiger partial charge in [0.05, 0.1) is 27.7 Å². The Morgan fingerprint density at radius 2 is 1.26 bits per heavy atom. The number of phosphoric acid groups is 1. The van der Waals surface area contributed by atoms with Crippen LogP contribution in [0.5, 0.6) is 0 Å². The molecule has 0 amide bonds. The van der Waals surface area contributed by atoms with E-state index < -0.39 is 32.5 Å². The third-order valence-corrected chi connectivity index (χ3v) is 8.31. The summed E-state index contributed by atoms with van der Waals surface area (Å²) in [5, 5.41) is 0. The summed E-state index contributed by atoms with van der Waals surface area (Å²) < 4.78 is 34.0. The first-order valence-electron chi connectivity index (χ1n) is 18.7. The molecule has 2 unspecified atom stereocenters. The van der Waals surface area contributed by atoms with Gasteiger partial charge in [0.15, 0.2) is 6.10 Å². The summed E-state index contributed by atoms with van der Waals surface area (Å²) in [4.78, 5) is 35.1. The van der Waals surface area contributed by atoms with Crippen molar-refractivity contribution in [2.45, 2.75) is 123 Å². The van der Waals surface area contributed by atoms with E-state index in [4.69, 9.17) is 18.5 Å². The Hall–Kier alpha value is -2.55. The van der Waals surface area contributed by atoms with Crippen LogP contribution in [0.2, 0.25) is 0 Å². The molecule has 0 saturated carbocycles. The molecule has 9 nitrogen and oxygen atoms in total. The highest BCUT2D eigenvalue weighted by Gasteiger charge is 2.27. The van der Waals surface area contributed by atoms with Crippen molar-refractivity contribution in [2.75, 3.05) is 47.5 Å². The number of unbranched alkanes of at least 4 members (excludes halogenated alkanes) is 9. The number of carbonyl (C=O) groups is 2. The number of quaternary nitrogens is 1. The molecule has 0 aromatic heterocycles. The van der Waals surface area contributed by atoms with Gasteiger partial charge in [0.2, 0.25) is 0 Å². The third-order valence-electron chi connectivity index (χ3n) is 7.33. The molecule has 0 aliphatic carbocycles. The Bertz CT molecular complexity index is 1090. The lowest BCUT2D eigenvalue weighted by molar-refractivity contribution is -0.870. The predicted octanol–water partition coefficient (Wildman–Crippen LogP) is 9.90. The molecule has 0 fully saturated rings. The summed E-state index contributed by atoms with van der Waals surface area (Å²) in [6, 6.07) is 0. The molecule has 0 rings (SSSR count). The summed E-state index contributed by atoms with van der Waals surface area (Å²) in [5.41, 5.74) is 0. The molecule has 0 aromatic carbocycles. The van der Waals surface area contributed by atoms with Gasteiger partial charge in [-0.25, -0.2) is 4.57 Å². The average molecular weight is 723 g/mol. The van der Waals surface area contributed by atoms with Crippen LogP contribution in [0, 0.1) is 0 Å². The van der Waals surface area contributed by atoms with Crippen molar-refractivity contribution < 1.29 is 42.1 Å². The second-order valence-electron chi connectivity index (χ2n) is 13.3. The van der Waals surface area contributed by atoms with Gasteiger partial charge in [-0.15, -0.1) is 0 Å². The van der Waals surface area contributed by atoms with Gasteiger partial charge < -0.3 is 18.9 Å². The van der Waals surface area contributed by atoms with Crippen LogP contribution in [0.3, 0.4) is 0 Å². The minimum Gasteiger partial charge on any atom is -0.462 e. The van der Waals surface area contributed by atoms with Crippen LogP contribution in [-0.4, -0.2) is 74.9 Å². The van der Waals surface area contributed by atoms with Crippen LogP contribution in [0.25, 0.3) is 0 Å². The minimum atomic E-state index is -4.39. The number of carbonyl (C=O) groups excluding carboxylic acids is 2. The molecule has 0 bridgehead atoms. The van der Waals surface area contributed by atoms with Crippen LogP contribution in [0.4, 0.5) is 0 Å². The number of rotatable bonds is 32. The van der Waals surface area contributed by atoms with Crippen LogP contribution >= 0.6 is 7.82 Å². The van der Waals surface area contributed by atoms with Gasteiger partial charge in [-0.1, -0.05) is 125 Å². The van der Waals surface area contributed by atoms with Gasteiger partial charge in [0.25, 0.3) is 0 Å². The minimum absolute atomic E-state index is 0.0122. The van der Waals surface area contributed by atoms with E-state index in [1.54, 1.807) is 0 Å². The van der Waals surface area contributed by atoms with E-state index in [2.05, 4.69) is 38.2 Å². The number of esters is 2. The van der Waals surface area contributed by atoms with Crippen molar-refractivity contribution in [3.8, 4) is 0 Å². The summed E-state index contributed by atoms with van der Waals surface area (Å²) in [6.45, 7) is 4.11. The highest BCUT2D eigenvalue weighted by Crippen LogP contribution is 2.43. The van der Waals surface area contributed by atoms with Crippen LogP contribution < -0.4 is 0 Å². The number of hydrogen-bond acceptors (Lipinski definition) is 7. The summed E-state index contributed by atoms with van der Waals surface area (Å²) in [6.07, 6.45) is 38.3. The lowest BCUT2D eigenvalue weighted by Gasteiger charge is -2.24. The van der Waals surface area contributed by atoms with Crippen molar-refractivity contribution in [2.24, 2.45) is 0 Å². The largest absolute Gasteiger partial charge is 0.472 e. The van der Waals surface area contributed by atoms with Gasteiger partial charge in [0, 0.05) is 12.8 Å². The molecular weight excluding hydrogens is 653 g/mol. The zero-order chi connectivity index (χ0) is 37.2. The Morgan fingerprint density at radius 1 is 0.660 bits per heavy atom. The highest BCUT2D eigenvalue weighted by molar-refractivity contribution is 7.47. The Kier molecular flexibility index (Phi) is 30.7. The second-order valence-corrected chi connectivity index (χ2v) is 14.8. The second kappa shape index (κ2) is 32.4. The van der Waals surface area contributed by atoms with E-state index in [0.717, 1.165) is 38.5 Å². The van der Waals surface area contributed by atoms with E-state index in [0.29, 0.717) is 23.9 Å². The molecule has 0 spiro atoms. The van der Waals surface area contributed by atoms with Gasteiger partial charge in [-0.3, -0.25) is 18.6 Å². The normalized spacial score (nSPS) is 14.6. The first-order chi connectivity index (χ1) is 24.0. The van der Waals surface area contributed by atoms with Gasteiger partial charge in [-0.2, -0.15) is 0 Å². The number of nitrogens with zero attached hydrogens (tertiary/aromatic N) is 1. The maximum atomic E-state index is 12.6. The molecule has 0 saturated heterocycles. The maximum absolute atomic E-state index is 12.6. The van der Waals surface area contributed by atoms with Crippen molar-refractivity contribution >= 4 is 19.8 Å². The monoisotopic (exact) mass is 722 g/mol. The van der Waals surface area contributed by atoms with E-state index in [1.165, 1.54) is 38.5 Å². The van der Waals surface area contributed by atoms with Crippen molar-refractivity contribution in [3.05, 3.63) is 72.9 Å². The number of ether oxygens (including phenoxy) is 2. The molecule has 0 radical (unpaired) electrons. The molecular formula is C40H69NO8P+. The molecule has 50 heavy (non-hydrogen) atoms. The van der Waals surface area contributed by atoms with Crippen LogP contribution in [0.1, 0.15) is 117 Å². The quantitative estimate of drug-likeness (QED) is 0.0183. The maximum Gasteiger partial charge on any atom is 0.472 e. The fraction of sp³-hybridized carbons (Fsp3) is 0.650. The lowest BCUT2D eigenvalue weighted by Crippen LogP contribution is -2.37.